The number of carboxylic acid groups (broad SMARTS) is 1. The number of likely N-dealkylation sites (tertiary alicyclic amines) is 1. The number of nitrogens with one attached hydrogen (secondary N) is 1. The summed E-state index contributed by atoms with van der Waals surface area (Å²) in [6.45, 7) is 2.47. The Bertz CT molecular complexity index is 1720. The highest BCUT2D eigenvalue weighted by Gasteiger charge is 2.40. The molecule has 0 radical (unpaired) electrons. The molecule has 2 atom stereocenters. The van der Waals surface area contributed by atoms with Gasteiger partial charge in [0.1, 0.15) is 0 Å². The topological polar surface area (TPSA) is 124 Å². The largest absolute Gasteiger partial charge is 0.481 e. The molecule has 0 bridgehead atoms. The minimum Gasteiger partial charge on any atom is -0.481 e. The lowest BCUT2D eigenvalue weighted by Crippen LogP contribution is -2.52. The molecule has 1 aliphatic carbocycles. The van der Waals surface area contributed by atoms with Crippen molar-refractivity contribution in [2.75, 3.05) is 45.2 Å². The molecule has 0 unspecified atom stereocenters. The minimum atomic E-state index is -0.760. The quantitative estimate of drug-likeness (QED) is 0.333. The van der Waals surface area contributed by atoms with Gasteiger partial charge in [-0.15, -0.1) is 0 Å². The van der Waals surface area contributed by atoms with Crippen LogP contribution in [0.1, 0.15) is 48.0 Å². The number of aliphatic carboxylic acids is 1. The number of aromatic nitrogens is 1. The molecule has 3 aliphatic rings. The van der Waals surface area contributed by atoms with E-state index in [1.165, 1.54) is 0 Å². The zero-order chi connectivity index (χ0) is 34.1. The number of fused-ring (bicyclic) bond motifs is 1. The second kappa shape index (κ2) is 14.5. The average molecular weight is 699 g/mol. The van der Waals surface area contributed by atoms with Crippen LogP contribution in [0, 0.1) is 5.92 Å². The minimum absolute atomic E-state index is 0.00467. The van der Waals surface area contributed by atoms with E-state index < -0.39 is 5.97 Å². The molecule has 2 aromatic carbocycles. The van der Waals surface area contributed by atoms with Gasteiger partial charge in [-0.25, -0.2) is 0 Å². The maximum Gasteiger partial charge on any atom is 0.306 e. The lowest BCUT2D eigenvalue weighted by Gasteiger charge is -2.35. The summed E-state index contributed by atoms with van der Waals surface area (Å²) < 4.78 is 8.18. The monoisotopic (exact) mass is 697 g/mol. The molecule has 3 heterocycles. The van der Waals surface area contributed by atoms with Gasteiger partial charge in [-0.05, 0) is 55.9 Å². The number of para-hydroxylation sites is 1. The van der Waals surface area contributed by atoms with Crippen molar-refractivity contribution in [3.05, 3.63) is 63.8 Å². The fourth-order valence-corrected chi connectivity index (χ4v) is 7.69. The normalized spacial score (nSPS) is 23.5. The predicted molar refractivity (Wildman–Crippen MR) is 183 cm³/mol. The number of anilines is 1. The zero-order valence-corrected chi connectivity index (χ0v) is 28.7. The van der Waals surface area contributed by atoms with E-state index in [1.54, 1.807) is 30.3 Å². The van der Waals surface area contributed by atoms with Crippen LogP contribution in [0.5, 0.6) is 0 Å². The maximum absolute atomic E-state index is 13.9. The number of hydrogen-bond donors (Lipinski definition) is 2. The SMILES string of the molecule is CN1CCN([C@H]2C[C@@H](COC3CCC(C(=O)O)CC3)N(C(=O)Cc3cc(Cl)c(NC(=O)c4cn(C)c5ccccc45)cc3Cl)C2)CC1=O. The Hall–Kier alpha value is -3.64. The second-order valence-electron chi connectivity index (χ2n) is 13.2. The summed E-state index contributed by atoms with van der Waals surface area (Å²) >= 11 is 13.3. The van der Waals surface area contributed by atoms with Crippen LogP contribution in [0.15, 0.2) is 42.6 Å². The standard InChI is InChI=1S/C35H41Cl2N5O6/c1-39-11-12-41(19-33(39)44)23-15-24(20-48-25-9-7-21(8-10-25)35(46)47)42(17-23)32(43)14-22-13-29(37)30(16-28(22)36)38-34(45)27-18-40(2)31-6-4-3-5-26(27)31/h3-6,13,16,18,21,23-25H,7-12,14-15,17,19-20H2,1-2H3,(H,38,45)(H,46,47)/t21?,23-,24-,25?/m0/s1. The van der Waals surface area contributed by atoms with E-state index in [0.29, 0.717) is 80.2 Å². The number of aryl methyl sites for hydroxylation is 1. The van der Waals surface area contributed by atoms with Gasteiger partial charge in [-0.1, -0.05) is 41.4 Å². The van der Waals surface area contributed by atoms with Gasteiger partial charge in [0.2, 0.25) is 11.8 Å². The van der Waals surface area contributed by atoms with E-state index in [0.717, 1.165) is 17.4 Å². The van der Waals surface area contributed by atoms with Crippen molar-refractivity contribution in [1.82, 2.24) is 19.3 Å². The molecule has 3 fully saturated rings. The number of benzene rings is 2. The Morgan fingerprint density at radius 1 is 1.02 bits per heavy atom. The van der Waals surface area contributed by atoms with Gasteiger partial charge in [0.15, 0.2) is 0 Å². The molecule has 3 amide bonds. The number of nitrogens with zero attached hydrogens (tertiary/aromatic N) is 4. The Kier molecular flexibility index (Phi) is 10.3. The summed E-state index contributed by atoms with van der Waals surface area (Å²) in [7, 11) is 3.68. The third-order valence-corrected chi connectivity index (χ3v) is 10.8. The molecule has 48 heavy (non-hydrogen) atoms. The highest BCUT2D eigenvalue weighted by atomic mass is 35.5. The second-order valence-corrected chi connectivity index (χ2v) is 14.1. The first-order valence-corrected chi connectivity index (χ1v) is 17.2. The first kappa shape index (κ1) is 34.2. The molecule has 6 rings (SSSR count). The molecule has 13 heteroatoms. The van der Waals surface area contributed by atoms with Crippen LogP contribution in [0.2, 0.25) is 10.0 Å². The summed E-state index contributed by atoms with van der Waals surface area (Å²) in [6.07, 6.45) is 4.90. The molecule has 256 valence electrons. The number of carbonyl (C=O) groups is 4. The van der Waals surface area contributed by atoms with Gasteiger partial charge < -0.3 is 29.5 Å². The molecule has 1 saturated carbocycles. The van der Waals surface area contributed by atoms with Gasteiger partial charge in [-0.2, -0.15) is 0 Å². The van der Waals surface area contributed by atoms with Gasteiger partial charge >= 0.3 is 5.97 Å². The number of halogens is 2. The van der Waals surface area contributed by atoms with Crippen molar-refractivity contribution in [2.45, 2.75) is 56.7 Å². The number of carboxylic acids is 1. The number of likely N-dealkylation sites (N-methyl/N-ethyl adjacent to an activating group) is 1. The smallest absolute Gasteiger partial charge is 0.306 e. The van der Waals surface area contributed by atoms with Crippen molar-refractivity contribution in [3.63, 3.8) is 0 Å². The van der Waals surface area contributed by atoms with E-state index >= 15 is 0 Å². The van der Waals surface area contributed by atoms with Gasteiger partial charge in [-0.3, -0.25) is 24.1 Å². The Balaban J connectivity index is 1.14. The van der Waals surface area contributed by atoms with Crippen molar-refractivity contribution < 1.29 is 29.0 Å². The molecule has 3 aromatic rings. The Labute approximate surface area is 289 Å². The Morgan fingerprint density at radius 2 is 1.77 bits per heavy atom. The first-order valence-electron chi connectivity index (χ1n) is 16.4. The molecular formula is C35H41Cl2N5O6. The third kappa shape index (κ3) is 7.34. The van der Waals surface area contributed by atoms with E-state index in [1.807, 2.05) is 40.8 Å². The molecule has 11 nitrogen and oxygen atoms in total. The van der Waals surface area contributed by atoms with Crippen molar-refractivity contribution >= 4 is 63.5 Å². The average Bonchev–Trinajstić information content (AvgIpc) is 3.65. The molecule has 0 spiro atoms. The fraction of sp³-hybridized carbons (Fsp3) is 0.486. The highest BCUT2D eigenvalue weighted by Crippen LogP contribution is 2.33. The van der Waals surface area contributed by atoms with Gasteiger partial charge in [0.05, 0.1) is 53.9 Å². The molecule has 2 N–H and O–H groups in total. The van der Waals surface area contributed by atoms with E-state index in [4.69, 9.17) is 27.9 Å². The summed E-state index contributed by atoms with van der Waals surface area (Å²) in [4.78, 5) is 56.7. The predicted octanol–water partition coefficient (Wildman–Crippen LogP) is 4.68. The van der Waals surface area contributed by atoms with Crippen LogP contribution in [-0.4, -0.2) is 106 Å². The summed E-state index contributed by atoms with van der Waals surface area (Å²) in [5.74, 6) is -1.49. The van der Waals surface area contributed by atoms with Crippen molar-refractivity contribution in [1.29, 1.82) is 0 Å². The molecule has 1 aromatic heterocycles. The van der Waals surface area contributed by atoms with Crippen molar-refractivity contribution in [2.24, 2.45) is 13.0 Å². The number of amides is 3. The number of carbonyl (C=O) groups excluding carboxylic acids is 3. The van der Waals surface area contributed by atoms with Crippen LogP contribution in [0.3, 0.4) is 0 Å². The van der Waals surface area contributed by atoms with E-state index in [2.05, 4.69) is 10.2 Å². The van der Waals surface area contributed by atoms with Gasteiger partial charge in [0, 0.05) is 61.9 Å². The molecule has 2 aliphatic heterocycles. The molecule has 2 saturated heterocycles. The lowest BCUT2D eigenvalue weighted by molar-refractivity contribution is -0.144. The number of ether oxygens (including phenoxy) is 1. The first-order chi connectivity index (χ1) is 23.0. The van der Waals surface area contributed by atoms with Crippen LogP contribution in [0.4, 0.5) is 5.69 Å². The third-order valence-electron chi connectivity index (χ3n) is 10.1. The van der Waals surface area contributed by atoms with E-state index in [9.17, 15) is 24.3 Å². The molecular weight excluding hydrogens is 657 g/mol. The maximum atomic E-state index is 13.9. The van der Waals surface area contributed by atoms with Gasteiger partial charge in [0.25, 0.3) is 5.91 Å². The van der Waals surface area contributed by atoms with Crippen LogP contribution >= 0.6 is 23.2 Å². The van der Waals surface area contributed by atoms with E-state index in [-0.39, 0.29) is 53.3 Å². The Morgan fingerprint density at radius 3 is 2.50 bits per heavy atom. The van der Waals surface area contributed by atoms with Crippen molar-refractivity contribution in [3.8, 4) is 0 Å². The summed E-state index contributed by atoms with van der Waals surface area (Å²) in [6, 6.07) is 10.6. The summed E-state index contributed by atoms with van der Waals surface area (Å²) in [5.41, 5.74) is 2.33. The number of piperazine rings is 1. The fourth-order valence-electron chi connectivity index (χ4n) is 7.23. The van der Waals surface area contributed by atoms with Crippen LogP contribution in [-0.2, 0) is 32.6 Å². The zero-order valence-electron chi connectivity index (χ0n) is 27.2. The lowest BCUT2D eigenvalue weighted by atomic mass is 9.87. The van der Waals surface area contributed by atoms with Crippen LogP contribution in [0.25, 0.3) is 10.9 Å². The highest BCUT2D eigenvalue weighted by molar-refractivity contribution is 6.36. The summed E-state index contributed by atoms with van der Waals surface area (Å²) in [5, 5.41) is 13.6. The van der Waals surface area contributed by atoms with Crippen LogP contribution < -0.4 is 5.32 Å². The number of hydrogen-bond acceptors (Lipinski definition) is 6. The number of rotatable bonds is 9.